The molecule has 0 radical (unpaired) electrons. The van der Waals surface area contributed by atoms with Gasteiger partial charge in [0.2, 0.25) is 5.91 Å². The maximum absolute atomic E-state index is 14.6. The van der Waals surface area contributed by atoms with Crippen LogP contribution in [0.1, 0.15) is 44.1 Å². The van der Waals surface area contributed by atoms with Gasteiger partial charge in [0.05, 0.1) is 25.2 Å². The van der Waals surface area contributed by atoms with Crippen molar-refractivity contribution in [1.29, 1.82) is 0 Å². The number of hydrogen-bond donors (Lipinski definition) is 1. The third kappa shape index (κ3) is 5.36. The predicted molar refractivity (Wildman–Crippen MR) is 103 cm³/mol. The van der Waals surface area contributed by atoms with Crippen LogP contribution in [0.5, 0.6) is 11.5 Å². The molecule has 1 saturated carbocycles. The van der Waals surface area contributed by atoms with Gasteiger partial charge >= 0.3 is 6.18 Å². The Hall–Kier alpha value is -2.03. The SMILES string of the molecule is COc1cc(OC2CCC(C(F)(F)F)CC2)c(F)cc1CNC(=O)[C@@H]1CCCN1C. The van der Waals surface area contributed by atoms with E-state index >= 15 is 0 Å². The molecule has 1 heterocycles. The van der Waals surface area contributed by atoms with Crippen LogP contribution in [0.3, 0.4) is 0 Å². The molecule has 1 aromatic carbocycles. The van der Waals surface area contributed by atoms with Gasteiger partial charge in [-0.1, -0.05) is 0 Å². The van der Waals surface area contributed by atoms with Crippen molar-refractivity contribution in [2.75, 3.05) is 20.7 Å². The van der Waals surface area contributed by atoms with Gasteiger partial charge in [-0.15, -0.1) is 0 Å². The van der Waals surface area contributed by atoms with Crippen molar-refractivity contribution >= 4 is 5.91 Å². The molecule has 30 heavy (non-hydrogen) atoms. The summed E-state index contributed by atoms with van der Waals surface area (Å²) < 4.78 is 64.0. The molecule has 1 aliphatic heterocycles. The number of halogens is 4. The number of likely N-dealkylation sites (N-methyl/N-ethyl adjacent to an activating group) is 1. The van der Waals surface area contributed by atoms with Crippen molar-refractivity contribution in [3.8, 4) is 11.5 Å². The molecule has 0 bridgehead atoms. The number of nitrogens with zero attached hydrogens (tertiary/aromatic N) is 1. The first kappa shape index (κ1) is 22.7. The van der Waals surface area contributed by atoms with Crippen LogP contribution in [-0.4, -0.2) is 49.8 Å². The van der Waals surface area contributed by atoms with Crippen molar-refractivity contribution in [2.24, 2.45) is 5.92 Å². The third-order valence-corrected chi connectivity index (χ3v) is 6.04. The second-order valence-corrected chi connectivity index (χ2v) is 8.08. The lowest BCUT2D eigenvalue weighted by atomic mass is 9.87. The molecule has 0 unspecified atom stereocenters. The monoisotopic (exact) mass is 432 g/mol. The highest BCUT2D eigenvalue weighted by molar-refractivity contribution is 5.82. The summed E-state index contributed by atoms with van der Waals surface area (Å²) in [4.78, 5) is 14.3. The second-order valence-electron chi connectivity index (χ2n) is 8.08. The molecule has 168 valence electrons. The van der Waals surface area contributed by atoms with E-state index in [4.69, 9.17) is 9.47 Å². The molecule has 1 aliphatic carbocycles. The molecular formula is C21H28F4N2O3. The second kappa shape index (κ2) is 9.41. The highest BCUT2D eigenvalue weighted by Crippen LogP contribution is 2.39. The van der Waals surface area contributed by atoms with E-state index in [-0.39, 0.29) is 49.9 Å². The van der Waals surface area contributed by atoms with Crippen molar-refractivity contribution in [2.45, 2.75) is 63.4 Å². The van der Waals surface area contributed by atoms with Crippen molar-refractivity contribution < 1.29 is 31.8 Å². The Morgan fingerprint density at radius 3 is 2.43 bits per heavy atom. The van der Waals surface area contributed by atoms with E-state index in [9.17, 15) is 22.4 Å². The van der Waals surface area contributed by atoms with Crippen LogP contribution in [0.25, 0.3) is 0 Å². The topological polar surface area (TPSA) is 50.8 Å². The van der Waals surface area contributed by atoms with Crippen LogP contribution >= 0.6 is 0 Å². The molecule has 0 spiro atoms. The number of benzene rings is 1. The van der Waals surface area contributed by atoms with E-state index in [1.807, 2.05) is 11.9 Å². The number of carbonyl (C=O) groups is 1. The molecule has 1 amide bonds. The summed E-state index contributed by atoms with van der Waals surface area (Å²) in [5.74, 6) is -1.75. The first-order chi connectivity index (χ1) is 14.2. The first-order valence-corrected chi connectivity index (χ1v) is 10.3. The summed E-state index contributed by atoms with van der Waals surface area (Å²) in [6.07, 6.45) is -2.51. The molecular weight excluding hydrogens is 404 g/mol. The Labute approximate surface area is 173 Å². The quantitative estimate of drug-likeness (QED) is 0.690. The van der Waals surface area contributed by atoms with Crippen molar-refractivity contribution in [3.05, 3.63) is 23.5 Å². The maximum atomic E-state index is 14.6. The third-order valence-electron chi connectivity index (χ3n) is 6.04. The van der Waals surface area contributed by atoms with Gasteiger partial charge in [0, 0.05) is 18.2 Å². The zero-order chi connectivity index (χ0) is 21.9. The smallest absolute Gasteiger partial charge is 0.391 e. The number of rotatable bonds is 6. The van der Waals surface area contributed by atoms with Crippen LogP contribution < -0.4 is 14.8 Å². The zero-order valence-corrected chi connectivity index (χ0v) is 17.2. The van der Waals surface area contributed by atoms with Gasteiger partial charge < -0.3 is 14.8 Å². The highest BCUT2D eigenvalue weighted by Gasteiger charge is 2.42. The molecule has 1 N–H and O–H groups in total. The lowest BCUT2D eigenvalue weighted by Gasteiger charge is -2.30. The fourth-order valence-electron chi connectivity index (χ4n) is 4.22. The van der Waals surface area contributed by atoms with E-state index < -0.39 is 24.0 Å². The summed E-state index contributed by atoms with van der Waals surface area (Å²) in [6, 6.07) is 2.46. The van der Waals surface area contributed by atoms with Crippen LogP contribution in [0.15, 0.2) is 12.1 Å². The minimum atomic E-state index is -4.20. The molecule has 2 fully saturated rings. The minimum Gasteiger partial charge on any atom is -0.496 e. The Morgan fingerprint density at radius 2 is 1.87 bits per heavy atom. The molecule has 0 aromatic heterocycles. The number of ether oxygens (including phenoxy) is 2. The lowest BCUT2D eigenvalue weighted by Crippen LogP contribution is -2.41. The molecule has 1 atom stereocenters. The van der Waals surface area contributed by atoms with E-state index in [2.05, 4.69) is 5.32 Å². The van der Waals surface area contributed by atoms with E-state index in [1.165, 1.54) is 19.2 Å². The minimum absolute atomic E-state index is 0.0212. The summed E-state index contributed by atoms with van der Waals surface area (Å²) in [5.41, 5.74) is 0.470. The predicted octanol–water partition coefficient (Wildman–Crippen LogP) is 4.04. The average Bonchev–Trinajstić information content (AvgIpc) is 3.13. The molecule has 3 rings (SSSR count). The molecule has 2 aliphatic rings. The number of methoxy groups -OCH3 is 1. The number of carbonyl (C=O) groups excluding carboxylic acids is 1. The fraction of sp³-hybridized carbons (Fsp3) is 0.667. The number of amides is 1. The van der Waals surface area contributed by atoms with E-state index in [0.29, 0.717) is 11.3 Å². The Balaban J connectivity index is 1.61. The summed E-state index contributed by atoms with van der Waals surface area (Å²) in [5, 5.41) is 2.82. The number of alkyl halides is 3. The van der Waals surface area contributed by atoms with Gasteiger partial charge in [0.1, 0.15) is 5.75 Å². The average molecular weight is 432 g/mol. The van der Waals surface area contributed by atoms with Crippen LogP contribution in [-0.2, 0) is 11.3 Å². The summed E-state index contributed by atoms with van der Waals surface area (Å²) in [6.45, 7) is 0.979. The number of hydrogen-bond acceptors (Lipinski definition) is 4. The normalized spacial score (nSPS) is 25.2. The van der Waals surface area contributed by atoms with Crippen LogP contribution in [0, 0.1) is 11.7 Å². The van der Waals surface area contributed by atoms with Crippen LogP contribution in [0.2, 0.25) is 0 Å². The number of likely N-dealkylation sites (tertiary alicyclic amines) is 1. The summed E-state index contributed by atoms with van der Waals surface area (Å²) >= 11 is 0. The largest absolute Gasteiger partial charge is 0.496 e. The van der Waals surface area contributed by atoms with Gasteiger partial charge in [0.25, 0.3) is 0 Å². The van der Waals surface area contributed by atoms with Crippen molar-refractivity contribution in [3.63, 3.8) is 0 Å². The molecule has 9 heteroatoms. The van der Waals surface area contributed by atoms with E-state index in [0.717, 1.165) is 19.4 Å². The zero-order valence-electron chi connectivity index (χ0n) is 17.2. The highest BCUT2D eigenvalue weighted by atomic mass is 19.4. The van der Waals surface area contributed by atoms with E-state index in [1.54, 1.807) is 0 Å². The molecule has 1 saturated heterocycles. The number of nitrogens with one attached hydrogen (secondary N) is 1. The van der Waals surface area contributed by atoms with Gasteiger partial charge in [0.15, 0.2) is 11.6 Å². The molecule has 1 aromatic rings. The van der Waals surface area contributed by atoms with Crippen LogP contribution in [0.4, 0.5) is 17.6 Å². The first-order valence-electron chi connectivity index (χ1n) is 10.3. The van der Waals surface area contributed by atoms with Gasteiger partial charge in [-0.3, -0.25) is 9.69 Å². The lowest BCUT2D eigenvalue weighted by molar-refractivity contribution is -0.185. The Bertz CT molecular complexity index is 749. The maximum Gasteiger partial charge on any atom is 0.391 e. The van der Waals surface area contributed by atoms with Gasteiger partial charge in [-0.05, 0) is 58.2 Å². The standard InChI is InChI=1S/C21H28F4N2O3/c1-27-9-3-4-17(27)20(28)26-12-13-10-16(22)19(11-18(13)29-2)30-15-7-5-14(6-8-15)21(23,24)25/h10-11,14-15,17H,3-9,12H2,1-2H3,(H,26,28)/t14?,15?,17-/m0/s1. The molecule has 5 nitrogen and oxygen atoms in total. The Kier molecular flexibility index (Phi) is 7.10. The van der Waals surface area contributed by atoms with Gasteiger partial charge in [-0.25, -0.2) is 4.39 Å². The summed E-state index contributed by atoms with van der Waals surface area (Å²) in [7, 11) is 3.33. The Morgan fingerprint density at radius 1 is 1.17 bits per heavy atom. The van der Waals surface area contributed by atoms with Gasteiger partial charge in [-0.2, -0.15) is 13.2 Å². The van der Waals surface area contributed by atoms with Crippen molar-refractivity contribution in [1.82, 2.24) is 10.2 Å². The fourth-order valence-corrected chi connectivity index (χ4v) is 4.22.